The summed E-state index contributed by atoms with van der Waals surface area (Å²) in [5.41, 5.74) is -6.97. The summed E-state index contributed by atoms with van der Waals surface area (Å²) >= 11 is 0. The minimum absolute atomic E-state index is 0.0623. The average Bonchev–Trinajstić information content (AvgIpc) is 1.59. The second kappa shape index (κ2) is 18.7. The van der Waals surface area contributed by atoms with Gasteiger partial charge in [0.05, 0.1) is 55.1 Å². The van der Waals surface area contributed by atoms with Gasteiger partial charge in [0, 0.05) is 53.3 Å². The van der Waals surface area contributed by atoms with Crippen molar-refractivity contribution >= 4 is 17.7 Å². The monoisotopic (exact) mass is 1080 g/mol. The number of rotatable bonds is 12. The number of furan rings is 1. The number of cyclic esters (lactones) is 1. The number of ketones is 1. The van der Waals surface area contributed by atoms with Crippen LogP contribution in [-0.4, -0.2) is 118 Å². The van der Waals surface area contributed by atoms with Crippen molar-refractivity contribution < 1.29 is 58.2 Å². The predicted molar refractivity (Wildman–Crippen MR) is 289 cm³/mol. The second-order valence-corrected chi connectivity index (χ2v) is 28.3. The van der Waals surface area contributed by atoms with Gasteiger partial charge < -0.3 is 48.7 Å². The largest absolute Gasteiger partial charge is 0.469 e. The highest BCUT2D eigenvalue weighted by molar-refractivity contribution is 5.93. The molecule has 1 aromatic carbocycles. The molecule has 5 saturated heterocycles. The van der Waals surface area contributed by atoms with Gasteiger partial charge in [-0.2, -0.15) is 0 Å². The number of hydrogen-bond acceptors (Lipinski definition) is 14. The molecular formula is C65H84N2O12. The van der Waals surface area contributed by atoms with E-state index in [1.807, 2.05) is 19.1 Å². The van der Waals surface area contributed by atoms with Gasteiger partial charge in [0.1, 0.15) is 24.1 Å². The van der Waals surface area contributed by atoms with E-state index < -0.39 is 93.2 Å². The van der Waals surface area contributed by atoms with Crippen molar-refractivity contribution in [3.8, 4) is 11.8 Å². The van der Waals surface area contributed by atoms with Gasteiger partial charge in [0.2, 0.25) is 0 Å². The molecule has 6 aliphatic carbocycles. The lowest BCUT2D eigenvalue weighted by molar-refractivity contribution is -0.301. The number of carbonyl (C=O) groups excluding carboxylic acids is 3. The zero-order valence-electron chi connectivity index (χ0n) is 46.8. The van der Waals surface area contributed by atoms with Crippen LogP contribution < -0.4 is 5.32 Å². The Morgan fingerprint density at radius 1 is 0.949 bits per heavy atom. The lowest BCUT2D eigenvalue weighted by Crippen LogP contribution is -2.82. The fourth-order valence-electron chi connectivity index (χ4n) is 21.4. The SMILES string of the molecule is CC(C)CC[C@]1(C)O[C@H]2[C@@]3(CC[C@@H](CO)C3)C(=O)OC[C@]23[C@H]2CC[C@]4(C)[C@]56O[C@@H]5C(=O)O[C@]4(c4ccoc4C[C@@H]([C@@H]4CC[C@@H]5[C@H](C=CN7CNC[C@@H]57)C4)[C@H](O)CO)CC#C[C@@H]4CC[C@@H](Cc5ccccc5)C[C@H]4[C@@]26[C@H](O)C(=O)[C@@H]31. The third-order valence-electron chi connectivity index (χ3n) is 24.7. The standard InChI is InChI=1S/C65H84N2O12/c1-37(2)16-22-59(3)53-52(71)54(72)64-47-28-39(27-38-9-6-5-7-10-38)12-13-41(47)11-8-21-63(46-20-26-75-50(46)30-45(49(70)34-69)42-14-15-44-43(29-42)19-25-67-36-66-32-48(44)67)60(4,65(64)55(77-65)56(73)78-63)23-18-51(64)62(53)35-76-58(74)61(57(62)79-59)24-17-40(31-61)33-68/h5-7,9-10,19-20,25-26,37,39-45,47-49,51,53-55,57,66,68-70,72H,12-18,21-24,27-36H2,1-4H3/t39-,40+,41+,42+,43+,44+,45-,47+,48-,49+,51+,53+,54+,55+,57-,59-,60-,61-,62+,63-,64-,65+/m0/s1. The van der Waals surface area contributed by atoms with E-state index in [9.17, 15) is 25.2 Å². The lowest BCUT2D eigenvalue weighted by Gasteiger charge is -2.72. The number of benzene rings is 1. The van der Waals surface area contributed by atoms with Crippen molar-refractivity contribution in [2.45, 2.75) is 178 Å². The first-order valence-electron chi connectivity index (χ1n) is 30.7. The smallest absolute Gasteiger partial charge is 0.339 e. The molecule has 10 fully saturated rings. The molecule has 5 N–H and O–H groups in total. The molecule has 14 rings (SSSR count). The van der Waals surface area contributed by atoms with Crippen LogP contribution in [0.1, 0.15) is 134 Å². The van der Waals surface area contributed by atoms with Crippen LogP contribution in [0.25, 0.3) is 0 Å². The Balaban J connectivity index is 0.937. The summed E-state index contributed by atoms with van der Waals surface area (Å²) in [6.07, 6.45) is 11.6. The maximum absolute atomic E-state index is 16.8. The van der Waals surface area contributed by atoms with Gasteiger partial charge >= 0.3 is 11.9 Å². The second-order valence-electron chi connectivity index (χ2n) is 28.3. The van der Waals surface area contributed by atoms with Crippen LogP contribution in [0.4, 0.5) is 0 Å². The Morgan fingerprint density at radius 2 is 1.78 bits per heavy atom. The molecule has 2 aromatic rings. The predicted octanol–water partition coefficient (Wildman–Crippen LogP) is 7.03. The van der Waals surface area contributed by atoms with Crippen molar-refractivity contribution in [1.29, 1.82) is 0 Å². The normalized spacial score (nSPS) is 47.6. The molecule has 6 aliphatic heterocycles. The minimum atomic E-state index is -1.60. The first-order chi connectivity index (χ1) is 38.1. The molecule has 12 aliphatic rings. The average molecular weight is 1090 g/mol. The summed E-state index contributed by atoms with van der Waals surface area (Å²) in [6, 6.07) is 12.9. The Kier molecular flexibility index (Phi) is 12.6. The number of esters is 2. The van der Waals surface area contributed by atoms with Crippen molar-refractivity contribution in [3.05, 3.63) is 71.8 Å². The molecule has 1 aromatic heterocycles. The van der Waals surface area contributed by atoms with E-state index in [4.69, 9.17) is 23.4 Å². The molecule has 0 radical (unpaired) electrons. The fourth-order valence-corrected chi connectivity index (χ4v) is 21.4. The first-order valence-corrected chi connectivity index (χ1v) is 30.7. The van der Waals surface area contributed by atoms with E-state index in [0.29, 0.717) is 74.1 Å². The molecule has 22 atom stereocenters. The Morgan fingerprint density at radius 3 is 2.57 bits per heavy atom. The number of aliphatic hydroxyl groups excluding tert-OH is 4. The highest BCUT2D eigenvalue weighted by Crippen LogP contribution is 2.85. The van der Waals surface area contributed by atoms with Crippen LogP contribution in [0.5, 0.6) is 0 Å². The number of nitrogens with zero attached hydrogens (tertiary/aromatic N) is 1. The summed E-state index contributed by atoms with van der Waals surface area (Å²) < 4.78 is 35.6. The number of nitrogens with one attached hydrogen (secondary N) is 1. The fraction of sp³-hybridized carbons (Fsp3) is 0.738. The van der Waals surface area contributed by atoms with Gasteiger partial charge in [-0.3, -0.25) is 14.9 Å². The third-order valence-corrected chi connectivity index (χ3v) is 24.7. The molecule has 79 heavy (non-hydrogen) atoms. The van der Waals surface area contributed by atoms with Crippen LogP contribution in [-0.2, 0) is 51.8 Å². The number of fused-ring (bicyclic) bond motifs is 5. The molecule has 0 amide bonds. The molecule has 4 spiro atoms. The highest BCUT2D eigenvalue weighted by atomic mass is 16.7. The van der Waals surface area contributed by atoms with Gasteiger partial charge in [-0.05, 0) is 168 Å². The first kappa shape index (κ1) is 53.0. The van der Waals surface area contributed by atoms with Crippen molar-refractivity contribution in [2.24, 2.45) is 86.8 Å². The molecule has 14 nitrogen and oxygen atoms in total. The molecule has 7 heterocycles. The van der Waals surface area contributed by atoms with Crippen LogP contribution in [0.3, 0.4) is 0 Å². The van der Waals surface area contributed by atoms with E-state index in [-0.39, 0.29) is 73.3 Å². The number of epoxide rings is 1. The number of aliphatic hydroxyl groups is 4. The maximum atomic E-state index is 16.8. The van der Waals surface area contributed by atoms with Gasteiger partial charge in [0.25, 0.3) is 0 Å². The van der Waals surface area contributed by atoms with Crippen molar-refractivity contribution in [2.75, 3.05) is 33.0 Å². The lowest BCUT2D eigenvalue weighted by atomic mass is 9.30. The topological polar surface area (TPSA) is 201 Å². The zero-order valence-corrected chi connectivity index (χ0v) is 46.8. The molecule has 0 unspecified atom stereocenters. The number of Topliss-reactive ketones (excluding diaryl/α,β-unsaturated/α-hetero) is 1. The number of carbonyl (C=O) groups is 3. The van der Waals surface area contributed by atoms with Gasteiger partial charge in [0.15, 0.2) is 17.5 Å². The van der Waals surface area contributed by atoms with E-state index in [1.54, 1.807) is 6.26 Å². The Bertz CT molecular complexity index is 2840. The summed E-state index contributed by atoms with van der Waals surface area (Å²) in [6.45, 7) is 9.80. The van der Waals surface area contributed by atoms with Crippen LogP contribution >= 0.6 is 0 Å². The van der Waals surface area contributed by atoms with Crippen LogP contribution in [0.15, 0.2) is 59.4 Å². The maximum Gasteiger partial charge on any atom is 0.339 e. The third kappa shape index (κ3) is 7.05. The van der Waals surface area contributed by atoms with Crippen molar-refractivity contribution in [3.63, 3.8) is 0 Å². The summed E-state index contributed by atoms with van der Waals surface area (Å²) in [7, 11) is 0. The molecule has 14 heteroatoms. The Labute approximate surface area is 465 Å². The van der Waals surface area contributed by atoms with Gasteiger partial charge in [-0.15, -0.1) is 0 Å². The van der Waals surface area contributed by atoms with Gasteiger partial charge in [-0.25, -0.2) is 4.79 Å². The van der Waals surface area contributed by atoms with E-state index in [2.05, 4.69) is 79.4 Å². The van der Waals surface area contributed by atoms with Crippen LogP contribution in [0, 0.1) is 98.6 Å². The zero-order chi connectivity index (χ0) is 54.6. The summed E-state index contributed by atoms with van der Waals surface area (Å²) in [5.74, 6) is 5.63. The minimum Gasteiger partial charge on any atom is -0.469 e. The van der Waals surface area contributed by atoms with E-state index >= 15 is 9.59 Å². The molecule has 4 bridgehead atoms. The number of hydrogen-bond donors (Lipinski definition) is 5. The summed E-state index contributed by atoms with van der Waals surface area (Å²) in [4.78, 5) is 49.7. The number of allylic oxidation sites excluding steroid dienone is 1. The number of ether oxygens (including phenoxy) is 4. The summed E-state index contributed by atoms with van der Waals surface area (Å²) in [5, 5.41) is 51.3. The highest BCUT2D eigenvalue weighted by Gasteiger charge is 2.96. The van der Waals surface area contributed by atoms with Gasteiger partial charge in [-0.1, -0.05) is 69.0 Å². The quantitative estimate of drug-likeness (QED) is 0.0824. The molecule has 5 saturated carbocycles. The van der Waals surface area contributed by atoms with Crippen LogP contribution in [0.2, 0.25) is 0 Å². The molecular weight excluding hydrogens is 1000 g/mol. The molecule has 426 valence electrons. The van der Waals surface area contributed by atoms with E-state index in [0.717, 1.165) is 58.2 Å². The van der Waals surface area contributed by atoms with E-state index in [1.165, 1.54) is 5.56 Å². The van der Waals surface area contributed by atoms with Crippen molar-refractivity contribution in [1.82, 2.24) is 10.2 Å². The Hall–Kier alpha value is -4.07.